The van der Waals surface area contributed by atoms with Gasteiger partial charge in [0, 0.05) is 31.6 Å². The van der Waals surface area contributed by atoms with Crippen molar-refractivity contribution in [3.05, 3.63) is 41.7 Å². The molecule has 14 heteroatoms. The highest BCUT2D eigenvalue weighted by atomic mass is 19.4. The van der Waals surface area contributed by atoms with Crippen LogP contribution in [0.25, 0.3) is 16.8 Å². The first kappa shape index (κ1) is 28.8. The van der Waals surface area contributed by atoms with Crippen LogP contribution in [0.4, 0.5) is 24.7 Å². The number of rotatable bonds is 4. The number of nitriles is 1. The zero-order chi connectivity index (χ0) is 30.8. The average molecular weight is 583 g/mol. The first-order chi connectivity index (χ1) is 19.5. The lowest BCUT2D eigenvalue weighted by Gasteiger charge is -2.46. The Hall–Kier alpha value is -4.67. The van der Waals surface area contributed by atoms with Crippen molar-refractivity contribution in [2.24, 2.45) is 5.41 Å². The molecule has 220 valence electrons. The smallest absolute Gasteiger partial charge is 0.382 e. The summed E-state index contributed by atoms with van der Waals surface area (Å²) in [7, 11) is 0. The van der Waals surface area contributed by atoms with Crippen LogP contribution in [0, 0.1) is 16.7 Å². The van der Waals surface area contributed by atoms with Crippen LogP contribution < -0.4 is 10.6 Å². The first-order valence-corrected chi connectivity index (χ1v) is 13.2. The Morgan fingerprint density at radius 2 is 1.86 bits per heavy atom. The number of piperazine rings is 1. The molecule has 0 bridgehead atoms. The first-order valence-electron chi connectivity index (χ1n) is 13.2. The summed E-state index contributed by atoms with van der Waals surface area (Å²) < 4.78 is 42.6. The fourth-order valence-corrected chi connectivity index (χ4v) is 5.77. The molecule has 2 N–H and O–H groups in total. The molecule has 0 unspecified atom stereocenters. The average Bonchev–Trinajstić information content (AvgIpc) is 3.42. The Kier molecular flexibility index (Phi) is 6.67. The van der Waals surface area contributed by atoms with E-state index in [1.165, 1.54) is 32.9 Å². The number of fused-ring (bicyclic) bond motifs is 1. The lowest BCUT2D eigenvalue weighted by molar-refractivity contribution is -0.149. The van der Waals surface area contributed by atoms with E-state index in [0.29, 0.717) is 13.0 Å². The van der Waals surface area contributed by atoms with Gasteiger partial charge in [-0.3, -0.25) is 14.4 Å². The third kappa shape index (κ3) is 4.78. The minimum atomic E-state index is -4.74. The van der Waals surface area contributed by atoms with E-state index < -0.39 is 28.7 Å². The molecule has 4 heterocycles. The molecular formula is C28H29F3N8O3. The van der Waals surface area contributed by atoms with E-state index in [2.05, 4.69) is 10.1 Å². The van der Waals surface area contributed by atoms with Gasteiger partial charge in [-0.25, -0.2) is 9.50 Å². The van der Waals surface area contributed by atoms with Crippen LogP contribution in [0.5, 0.6) is 0 Å². The summed E-state index contributed by atoms with van der Waals surface area (Å²) in [5, 5.41) is 13.8. The predicted octanol–water partition coefficient (Wildman–Crippen LogP) is 3.08. The van der Waals surface area contributed by atoms with Gasteiger partial charge in [-0.15, -0.1) is 0 Å². The topological polar surface area (TPSA) is 141 Å². The predicted molar refractivity (Wildman–Crippen MR) is 146 cm³/mol. The molecule has 0 aliphatic carbocycles. The number of hydrogen-bond acceptors (Lipinski definition) is 7. The second-order valence-electron chi connectivity index (χ2n) is 11.8. The van der Waals surface area contributed by atoms with E-state index in [-0.39, 0.29) is 65.2 Å². The molecule has 2 aliphatic rings. The number of likely N-dealkylation sites (tertiary alicyclic amines) is 1. The standard InChI is InChI=1S/C28H29F3N8O3/c1-26(2)11-21(40)36(14-26)13-22(41)38-8-7-37(25(42)27(38,3)4)19-9-16(5-6-17(19)12-32)20-10-18(28(29,30)31)23-24(33)34-15-35-39(20)23/h5-6,9-10,15H,7-8,11,13-14H2,1-4H3,(H2,33,34,35). The molecule has 3 amide bonds. The molecule has 0 atom stereocenters. The molecule has 2 fully saturated rings. The van der Waals surface area contributed by atoms with Gasteiger partial charge in [0.05, 0.1) is 29.1 Å². The fraction of sp³-hybridized carbons (Fsp3) is 0.429. The monoisotopic (exact) mass is 582 g/mol. The summed E-state index contributed by atoms with van der Waals surface area (Å²) >= 11 is 0. The van der Waals surface area contributed by atoms with Gasteiger partial charge in [-0.1, -0.05) is 19.9 Å². The van der Waals surface area contributed by atoms with Crippen LogP contribution in [0.15, 0.2) is 30.6 Å². The Balaban J connectivity index is 1.49. The lowest BCUT2D eigenvalue weighted by Crippen LogP contribution is -2.66. The number of anilines is 2. The minimum Gasteiger partial charge on any atom is -0.382 e. The van der Waals surface area contributed by atoms with Crippen LogP contribution in [0.2, 0.25) is 0 Å². The van der Waals surface area contributed by atoms with E-state index in [9.17, 15) is 32.8 Å². The number of aromatic nitrogens is 3. The number of benzene rings is 1. The van der Waals surface area contributed by atoms with Gasteiger partial charge in [0.15, 0.2) is 5.82 Å². The molecule has 2 aromatic heterocycles. The number of nitrogen functional groups attached to an aromatic ring is 1. The van der Waals surface area contributed by atoms with Gasteiger partial charge < -0.3 is 20.4 Å². The Labute approximate surface area is 239 Å². The highest BCUT2D eigenvalue weighted by Gasteiger charge is 2.46. The molecule has 2 aliphatic heterocycles. The van der Waals surface area contributed by atoms with Crippen molar-refractivity contribution >= 4 is 34.7 Å². The number of alkyl halides is 3. The van der Waals surface area contributed by atoms with E-state index >= 15 is 0 Å². The molecule has 0 radical (unpaired) electrons. The molecule has 11 nitrogen and oxygen atoms in total. The number of halogens is 3. The fourth-order valence-electron chi connectivity index (χ4n) is 5.77. The zero-order valence-corrected chi connectivity index (χ0v) is 23.5. The van der Waals surface area contributed by atoms with Gasteiger partial charge in [0.2, 0.25) is 11.8 Å². The molecule has 0 saturated carbocycles. The third-order valence-corrected chi connectivity index (χ3v) is 7.81. The van der Waals surface area contributed by atoms with Crippen molar-refractivity contribution < 1.29 is 27.6 Å². The van der Waals surface area contributed by atoms with E-state index in [1.807, 2.05) is 19.9 Å². The summed E-state index contributed by atoms with van der Waals surface area (Å²) in [6, 6.07) is 7.27. The molecule has 42 heavy (non-hydrogen) atoms. The summed E-state index contributed by atoms with van der Waals surface area (Å²) in [5.74, 6) is -1.32. The number of nitrogens with two attached hydrogens (primary N) is 1. The van der Waals surface area contributed by atoms with Crippen molar-refractivity contribution in [1.29, 1.82) is 5.26 Å². The Morgan fingerprint density at radius 3 is 2.48 bits per heavy atom. The quantitative estimate of drug-likeness (QED) is 0.499. The van der Waals surface area contributed by atoms with Gasteiger partial charge in [0.25, 0.3) is 5.91 Å². The molecule has 5 rings (SSSR count). The summed E-state index contributed by atoms with van der Waals surface area (Å²) in [6.45, 7) is 7.51. The maximum atomic E-state index is 13.9. The van der Waals surface area contributed by atoms with Crippen molar-refractivity contribution in [3.8, 4) is 17.3 Å². The van der Waals surface area contributed by atoms with Gasteiger partial charge in [-0.05, 0) is 37.5 Å². The number of carbonyl (C=O) groups is 3. The van der Waals surface area contributed by atoms with E-state index in [0.717, 1.165) is 16.9 Å². The summed E-state index contributed by atoms with van der Waals surface area (Å²) in [4.78, 5) is 47.5. The van der Waals surface area contributed by atoms with Crippen LogP contribution in [-0.4, -0.2) is 73.8 Å². The maximum absolute atomic E-state index is 13.9. The largest absolute Gasteiger partial charge is 0.418 e. The van der Waals surface area contributed by atoms with Gasteiger partial charge >= 0.3 is 6.18 Å². The molecular weight excluding hydrogens is 553 g/mol. The maximum Gasteiger partial charge on any atom is 0.418 e. The summed E-state index contributed by atoms with van der Waals surface area (Å²) in [6.07, 6.45) is -3.37. The van der Waals surface area contributed by atoms with Gasteiger partial charge in [0.1, 0.15) is 23.5 Å². The second-order valence-corrected chi connectivity index (χ2v) is 11.8. The van der Waals surface area contributed by atoms with Crippen molar-refractivity contribution in [2.75, 3.05) is 36.8 Å². The Bertz CT molecular complexity index is 1670. The second kappa shape index (κ2) is 9.71. The third-order valence-electron chi connectivity index (χ3n) is 7.81. The van der Waals surface area contributed by atoms with Crippen molar-refractivity contribution in [2.45, 2.75) is 45.8 Å². The number of hydrogen-bond donors (Lipinski definition) is 1. The highest BCUT2D eigenvalue weighted by molar-refractivity contribution is 6.04. The van der Waals surface area contributed by atoms with Crippen LogP contribution in [-0.2, 0) is 20.6 Å². The van der Waals surface area contributed by atoms with E-state index in [1.54, 1.807) is 13.8 Å². The van der Waals surface area contributed by atoms with Crippen molar-refractivity contribution in [3.63, 3.8) is 0 Å². The zero-order valence-electron chi connectivity index (χ0n) is 23.5. The number of nitrogens with zero attached hydrogens (tertiary/aromatic N) is 7. The van der Waals surface area contributed by atoms with Crippen LogP contribution in [0.3, 0.4) is 0 Å². The molecule has 3 aromatic rings. The van der Waals surface area contributed by atoms with Crippen molar-refractivity contribution in [1.82, 2.24) is 24.4 Å². The molecule has 2 saturated heterocycles. The Morgan fingerprint density at radius 1 is 1.14 bits per heavy atom. The highest BCUT2D eigenvalue weighted by Crippen LogP contribution is 2.40. The normalized spacial score (nSPS) is 18.6. The van der Waals surface area contributed by atoms with Gasteiger partial charge in [-0.2, -0.15) is 23.5 Å². The lowest BCUT2D eigenvalue weighted by atomic mass is 9.93. The van der Waals surface area contributed by atoms with E-state index in [4.69, 9.17) is 5.73 Å². The SMILES string of the molecule is CC1(C)CC(=O)N(CC(=O)N2CCN(c3cc(-c4cc(C(F)(F)F)c5c(N)ncnn45)ccc3C#N)C(=O)C2(C)C)C1. The molecule has 0 spiro atoms. The van der Waals surface area contributed by atoms with Crippen LogP contribution >= 0.6 is 0 Å². The number of carbonyl (C=O) groups excluding carboxylic acids is 3. The summed E-state index contributed by atoms with van der Waals surface area (Å²) in [5.41, 5.74) is 3.37. The molecule has 1 aromatic carbocycles. The number of amides is 3. The minimum absolute atomic E-state index is 0.0311. The van der Waals surface area contributed by atoms with Crippen LogP contribution in [0.1, 0.15) is 45.2 Å².